The van der Waals surface area contributed by atoms with E-state index in [9.17, 15) is 9.59 Å². The molecule has 0 bridgehead atoms. The van der Waals surface area contributed by atoms with Crippen LogP contribution in [-0.2, 0) is 16.1 Å². The van der Waals surface area contributed by atoms with E-state index in [1.54, 1.807) is 18.2 Å². The summed E-state index contributed by atoms with van der Waals surface area (Å²) >= 11 is 0. The lowest BCUT2D eigenvalue weighted by Gasteiger charge is -2.09. The van der Waals surface area contributed by atoms with E-state index in [2.05, 4.69) is 0 Å². The Hall–Kier alpha value is -3.08. The third kappa shape index (κ3) is 4.26. The third-order valence-electron chi connectivity index (χ3n) is 3.75. The van der Waals surface area contributed by atoms with Crippen LogP contribution in [0.2, 0.25) is 0 Å². The van der Waals surface area contributed by atoms with Crippen LogP contribution in [0.1, 0.15) is 16.7 Å². The molecule has 0 saturated carbocycles. The molecular formula is C20H18O5. The Bertz CT molecular complexity index is 954. The topological polar surface area (TPSA) is 65.7 Å². The molecule has 0 atom stereocenters. The fourth-order valence-electron chi connectivity index (χ4n) is 2.43. The lowest BCUT2D eigenvalue weighted by atomic mass is 10.1. The summed E-state index contributed by atoms with van der Waals surface area (Å²) in [6.45, 7) is 3.68. The molecule has 5 nitrogen and oxygen atoms in total. The van der Waals surface area contributed by atoms with Crippen molar-refractivity contribution in [3.63, 3.8) is 0 Å². The molecule has 1 heterocycles. The molecule has 0 unspecified atom stereocenters. The van der Waals surface area contributed by atoms with Crippen molar-refractivity contribution in [1.29, 1.82) is 0 Å². The fourth-order valence-corrected chi connectivity index (χ4v) is 2.43. The summed E-state index contributed by atoms with van der Waals surface area (Å²) in [5.41, 5.74) is 2.71. The summed E-state index contributed by atoms with van der Waals surface area (Å²) in [4.78, 5) is 23.5. The average molecular weight is 338 g/mol. The van der Waals surface area contributed by atoms with Crippen molar-refractivity contribution in [2.45, 2.75) is 20.5 Å². The van der Waals surface area contributed by atoms with Crippen molar-refractivity contribution in [3.8, 4) is 5.75 Å². The summed E-state index contributed by atoms with van der Waals surface area (Å²) < 4.78 is 15.8. The van der Waals surface area contributed by atoms with Crippen LogP contribution >= 0.6 is 0 Å². The zero-order valence-electron chi connectivity index (χ0n) is 14.1. The number of hydrogen-bond donors (Lipinski definition) is 0. The SMILES string of the molecule is Cc1ccc(OCC(=O)OCc2cc(=O)oc3cc(C)ccc23)cc1. The first kappa shape index (κ1) is 16.8. The summed E-state index contributed by atoms with van der Waals surface area (Å²) in [5.74, 6) is 0.0953. The first-order valence-electron chi connectivity index (χ1n) is 7.90. The number of esters is 1. The van der Waals surface area contributed by atoms with Gasteiger partial charge in [-0.05, 0) is 37.6 Å². The van der Waals surface area contributed by atoms with E-state index in [-0.39, 0.29) is 13.2 Å². The first-order valence-corrected chi connectivity index (χ1v) is 7.90. The number of rotatable bonds is 5. The fraction of sp³-hybridized carbons (Fsp3) is 0.200. The molecule has 0 radical (unpaired) electrons. The number of carbonyl (C=O) groups excluding carboxylic acids is 1. The monoisotopic (exact) mass is 338 g/mol. The highest BCUT2D eigenvalue weighted by Gasteiger charge is 2.10. The standard InChI is InChI=1S/C20H18O5/c1-13-3-6-16(7-4-13)23-12-20(22)24-11-15-10-19(21)25-18-9-14(2)5-8-17(15)18/h3-10H,11-12H2,1-2H3. The van der Waals surface area contributed by atoms with Gasteiger partial charge < -0.3 is 13.9 Å². The number of hydrogen-bond acceptors (Lipinski definition) is 5. The van der Waals surface area contributed by atoms with Gasteiger partial charge in [0.1, 0.15) is 17.9 Å². The number of fused-ring (bicyclic) bond motifs is 1. The van der Waals surface area contributed by atoms with Crippen molar-refractivity contribution in [2.75, 3.05) is 6.61 Å². The second-order valence-corrected chi connectivity index (χ2v) is 5.85. The van der Waals surface area contributed by atoms with Crippen LogP contribution in [0.3, 0.4) is 0 Å². The van der Waals surface area contributed by atoms with Gasteiger partial charge in [0.15, 0.2) is 6.61 Å². The molecule has 1 aromatic heterocycles. The van der Waals surface area contributed by atoms with Crippen molar-refractivity contribution in [3.05, 3.63) is 75.6 Å². The summed E-state index contributed by atoms with van der Waals surface area (Å²) in [6.07, 6.45) is 0. The van der Waals surface area contributed by atoms with Crippen molar-refractivity contribution in [2.24, 2.45) is 0 Å². The average Bonchev–Trinajstić information content (AvgIpc) is 2.58. The quantitative estimate of drug-likeness (QED) is 0.526. The Morgan fingerprint density at radius 3 is 2.48 bits per heavy atom. The van der Waals surface area contributed by atoms with Crippen LogP contribution < -0.4 is 10.4 Å². The molecule has 3 aromatic rings. The van der Waals surface area contributed by atoms with Gasteiger partial charge in [0.05, 0.1) is 0 Å². The Balaban J connectivity index is 1.65. The molecule has 2 aromatic carbocycles. The summed E-state index contributed by atoms with van der Waals surface area (Å²) in [6, 6.07) is 14.3. The van der Waals surface area contributed by atoms with Gasteiger partial charge in [-0.15, -0.1) is 0 Å². The van der Waals surface area contributed by atoms with Crippen LogP contribution in [-0.4, -0.2) is 12.6 Å². The molecule has 0 aliphatic carbocycles. The van der Waals surface area contributed by atoms with Crippen molar-refractivity contribution >= 4 is 16.9 Å². The zero-order chi connectivity index (χ0) is 17.8. The maximum atomic E-state index is 11.9. The maximum absolute atomic E-state index is 11.9. The Kier molecular flexibility index (Phi) is 4.84. The van der Waals surface area contributed by atoms with E-state index in [1.165, 1.54) is 6.07 Å². The maximum Gasteiger partial charge on any atom is 0.344 e. The van der Waals surface area contributed by atoms with E-state index in [4.69, 9.17) is 13.9 Å². The normalized spacial score (nSPS) is 10.6. The number of benzene rings is 2. The van der Waals surface area contributed by atoms with E-state index in [0.29, 0.717) is 16.9 Å². The lowest BCUT2D eigenvalue weighted by molar-refractivity contribution is -0.147. The molecule has 128 valence electrons. The molecule has 3 rings (SSSR count). The van der Waals surface area contributed by atoms with Crippen molar-refractivity contribution in [1.82, 2.24) is 0 Å². The second-order valence-electron chi connectivity index (χ2n) is 5.85. The molecular weight excluding hydrogens is 320 g/mol. The van der Waals surface area contributed by atoms with Crippen LogP contribution in [0, 0.1) is 13.8 Å². The second kappa shape index (κ2) is 7.21. The predicted molar refractivity (Wildman–Crippen MR) is 93.7 cm³/mol. The highest BCUT2D eigenvalue weighted by Crippen LogP contribution is 2.19. The number of ether oxygens (including phenoxy) is 2. The molecule has 5 heteroatoms. The van der Waals surface area contributed by atoms with Gasteiger partial charge >= 0.3 is 11.6 Å². The minimum absolute atomic E-state index is 0.0126. The molecule has 25 heavy (non-hydrogen) atoms. The van der Waals surface area contributed by atoms with Gasteiger partial charge in [-0.2, -0.15) is 0 Å². The minimum atomic E-state index is -0.505. The smallest absolute Gasteiger partial charge is 0.344 e. The van der Waals surface area contributed by atoms with Crippen molar-refractivity contribution < 1.29 is 18.7 Å². The van der Waals surface area contributed by atoms with E-state index >= 15 is 0 Å². The van der Waals surface area contributed by atoms with Gasteiger partial charge in [-0.25, -0.2) is 9.59 Å². The van der Waals surface area contributed by atoms with Crippen LogP contribution in [0.15, 0.2) is 57.7 Å². The largest absolute Gasteiger partial charge is 0.482 e. The molecule has 0 amide bonds. The van der Waals surface area contributed by atoms with Gasteiger partial charge in [-0.3, -0.25) is 0 Å². The van der Waals surface area contributed by atoms with Gasteiger partial charge in [-0.1, -0.05) is 29.8 Å². The van der Waals surface area contributed by atoms with E-state index in [0.717, 1.165) is 16.5 Å². The summed E-state index contributed by atoms with van der Waals surface area (Å²) in [7, 11) is 0. The molecule has 0 aliphatic rings. The van der Waals surface area contributed by atoms with Gasteiger partial charge in [0.25, 0.3) is 0 Å². The van der Waals surface area contributed by atoms with Crippen LogP contribution in [0.5, 0.6) is 5.75 Å². The van der Waals surface area contributed by atoms with Crippen LogP contribution in [0.25, 0.3) is 11.0 Å². The van der Waals surface area contributed by atoms with E-state index < -0.39 is 11.6 Å². The number of carbonyl (C=O) groups is 1. The van der Waals surface area contributed by atoms with E-state index in [1.807, 2.05) is 38.1 Å². The molecule has 0 spiro atoms. The zero-order valence-corrected chi connectivity index (χ0v) is 14.1. The van der Waals surface area contributed by atoms with Gasteiger partial charge in [0.2, 0.25) is 0 Å². The summed E-state index contributed by atoms with van der Waals surface area (Å²) in [5, 5.41) is 0.748. The predicted octanol–water partition coefficient (Wildman–Crippen LogP) is 3.53. The Labute approximate surface area is 144 Å². The van der Waals surface area contributed by atoms with Crippen LogP contribution in [0.4, 0.5) is 0 Å². The highest BCUT2D eigenvalue weighted by atomic mass is 16.6. The molecule has 0 saturated heterocycles. The highest BCUT2D eigenvalue weighted by molar-refractivity contribution is 5.81. The molecule has 0 aliphatic heterocycles. The minimum Gasteiger partial charge on any atom is -0.482 e. The third-order valence-corrected chi connectivity index (χ3v) is 3.75. The first-order chi connectivity index (χ1) is 12.0. The Morgan fingerprint density at radius 1 is 1.00 bits per heavy atom. The lowest BCUT2D eigenvalue weighted by Crippen LogP contribution is -2.15. The number of aryl methyl sites for hydroxylation is 2. The molecule has 0 N–H and O–H groups in total. The molecule has 0 fully saturated rings. The Morgan fingerprint density at radius 2 is 1.72 bits per heavy atom. The van der Waals surface area contributed by atoms with Gasteiger partial charge in [0, 0.05) is 17.0 Å².